The maximum absolute atomic E-state index is 12.4. The fourth-order valence-corrected chi connectivity index (χ4v) is 4.03. The van der Waals surface area contributed by atoms with Crippen molar-refractivity contribution in [2.24, 2.45) is 11.8 Å². The standard InChI is InChI=1S/C13H20N2OS/c1-9-5-6-11(8-10(9)2)17(16)13-12(14)4-3-7-15-13/h3-4,7,9-11H,5-6,8,14H2,1-2H3. The summed E-state index contributed by atoms with van der Waals surface area (Å²) in [5.74, 6) is 1.38. The Labute approximate surface area is 105 Å². The number of nitrogens with zero attached hydrogens (tertiary/aromatic N) is 1. The third-order valence-electron chi connectivity index (χ3n) is 3.84. The first-order valence-electron chi connectivity index (χ1n) is 6.20. The van der Waals surface area contributed by atoms with Gasteiger partial charge in [0.1, 0.15) is 5.03 Å². The van der Waals surface area contributed by atoms with E-state index in [1.807, 2.05) is 0 Å². The van der Waals surface area contributed by atoms with Crippen LogP contribution in [0.2, 0.25) is 0 Å². The van der Waals surface area contributed by atoms with Crippen molar-refractivity contribution in [1.82, 2.24) is 4.98 Å². The molecule has 94 valence electrons. The molecule has 1 heterocycles. The second-order valence-corrected chi connectivity index (χ2v) is 6.73. The molecule has 4 heteroatoms. The molecule has 1 fully saturated rings. The molecule has 1 aliphatic rings. The van der Waals surface area contributed by atoms with Crippen molar-refractivity contribution in [3.63, 3.8) is 0 Å². The summed E-state index contributed by atoms with van der Waals surface area (Å²) in [7, 11) is -1.05. The van der Waals surface area contributed by atoms with Gasteiger partial charge in [-0.05, 0) is 43.2 Å². The zero-order valence-corrected chi connectivity index (χ0v) is 11.2. The topological polar surface area (TPSA) is 56.0 Å². The van der Waals surface area contributed by atoms with Crippen LogP contribution in [-0.2, 0) is 10.8 Å². The molecule has 0 aromatic carbocycles. The van der Waals surface area contributed by atoms with Crippen molar-refractivity contribution in [2.75, 3.05) is 5.73 Å². The Bertz CT molecular complexity index is 422. The molecule has 0 bridgehead atoms. The van der Waals surface area contributed by atoms with Gasteiger partial charge in [-0.25, -0.2) is 4.98 Å². The van der Waals surface area contributed by atoms with Crippen molar-refractivity contribution < 1.29 is 4.21 Å². The summed E-state index contributed by atoms with van der Waals surface area (Å²) in [4.78, 5) is 4.17. The van der Waals surface area contributed by atoms with Gasteiger partial charge in [0.15, 0.2) is 0 Å². The number of rotatable bonds is 2. The summed E-state index contributed by atoms with van der Waals surface area (Å²) < 4.78 is 12.4. The summed E-state index contributed by atoms with van der Waals surface area (Å²) in [6, 6.07) is 3.55. The predicted octanol–water partition coefficient (Wildman–Crippen LogP) is 2.60. The van der Waals surface area contributed by atoms with E-state index in [1.54, 1.807) is 18.3 Å². The van der Waals surface area contributed by atoms with Crippen molar-refractivity contribution in [1.29, 1.82) is 0 Å². The monoisotopic (exact) mass is 252 g/mol. The minimum atomic E-state index is -1.05. The molecule has 17 heavy (non-hydrogen) atoms. The Hall–Kier alpha value is -0.900. The van der Waals surface area contributed by atoms with E-state index in [-0.39, 0.29) is 5.25 Å². The lowest BCUT2D eigenvalue weighted by molar-refractivity contribution is 0.281. The first-order chi connectivity index (χ1) is 8.09. The molecule has 1 aromatic heterocycles. The van der Waals surface area contributed by atoms with E-state index < -0.39 is 10.8 Å². The summed E-state index contributed by atoms with van der Waals surface area (Å²) >= 11 is 0. The van der Waals surface area contributed by atoms with Gasteiger partial charge in [0.2, 0.25) is 0 Å². The van der Waals surface area contributed by atoms with Crippen LogP contribution in [0.5, 0.6) is 0 Å². The van der Waals surface area contributed by atoms with Crippen molar-refractivity contribution in [2.45, 2.75) is 43.4 Å². The first-order valence-corrected chi connectivity index (χ1v) is 7.42. The van der Waals surface area contributed by atoms with Gasteiger partial charge in [0.25, 0.3) is 0 Å². The van der Waals surface area contributed by atoms with Gasteiger partial charge in [-0.15, -0.1) is 0 Å². The number of pyridine rings is 1. The van der Waals surface area contributed by atoms with Gasteiger partial charge in [-0.2, -0.15) is 0 Å². The van der Waals surface area contributed by atoms with Gasteiger partial charge >= 0.3 is 0 Å². The first kappa shape index (κ1) is 12.6. The second-order valence-electron chi connectivity index (χ2n) is 5.08. The molecule has 0 spiro atoms. The highest BCUT2D eigenvalue weighted by Crippen LogP contribution is 2.34. The van der Waals surface area contributed by atoms with Crippen LogP contribution < -0.4 is 5.73 Å². The maximum Gasteiger partial charge on any atom is 0.150 e. The van der Waals surface area contributed by atoms with Crippen molar-refractivity contribution in [3.05, 3.63) is 18.3 Å². The minimum absolute atomic E-state index is 0.221. The SMILES string of the molecule is CC1CCC(S(=O)c2ncccc2N)CC1C. The smallest absolute Gasteiger partial charge is 0.150 e. The summed E-state index contributed by atoms with van der Waals surface area (Å²) in [6.07, 6.45) is 4.86. The molecule has 1 aliphatic carbocycles. The summed E-state index contributed by atoms with van der Waals surface area (Å²) in [5, 5.41) is 0.789. The predicted molar refractivity (Wildman–Crippen MR) is 71.0 cm³/mol. The maximum atomic E-state index is 12.4. The minimum Gasteiger partial charge on any atom is -0.396 e. The fraction of sp³-hybridized carbons (Fsp3) is 0.615. The van der Waals surface area contributed by atoms with E-state index in [2.05, 4.69) is 18.8 Å². The molecule has 4 unspecified atom stereocenters. The number of hydrogen-bond donors (Lipinski definition) is 1. The number of nitrogens with two attached hydrogens (primary N) is 1. The van der Waals surface area contributed by atoms with Crippen molar-refractivity contribution >= 4 is 16.5 Å². The molecule has 2 rings (SSSR count). The van der Waals surface area contributed by atoms with E-state index in [9.17, 15) is 4.21 Å². The number of hydrogen-bond acceptors (Lipinski definition) is 3. The zero-order chi connectivity index (χ0) is 12.4. The average Bonchev–Trinajstić information content (AvgIpc) is 2.32. The Kier molecular flexibility index (Phi) is 3.82. The molecule has 0 amide bonds. The second kappa shape index (κ2) is 5.17. The van der Waals surface area contributed by atoms with Gasteiger partial charge in [0.05, 0.1) is 16.5 Å². The molecule has 0 saturated heterocycles. The molecule has 2 N–H and O–H groups in total. The van der Waals surface area contributed by atoms with E-state index in [4.69, 9.17) is 5.73 Å². The highest BCUT2D eigenvalue weighted by Gasteiger charge is 2.30. The molecular formula is C13H20N2OS. The average molecular weight is 252 g/mol. The molecule has 3 nitrogen and oxygen atoms in total. The molecule has 4 atom stereocenters. The molecule has 0 radical (unpaired) electrons. The number of aromatic nitrogens is 1. The summed E-state index contributed by atoms with van der Waals surface area (Å²) in [6.45, 7) is 4.52. The third kappa shape index (κ3) is 2.68. The van der Waals surface area contributed by atoms with Crippen LogP contribution in [0, 0.1) is 11.8 Å². The van der Waals surface area contributed by atoms with Gasteiger partial charge in [0, 0.05) is 11.4 Å². The van der Waals surface area contributed by atoms with Crippen molar-refractivity contribution in [3.8, 4) is 0 Å². The normalized spacial score (nSPS) is 31.1. The number of anilines is 1. The lowest BCUT2D eigenvalue weighted by atomic mass is 9.81. The van der Waals surface area contributed by atoms with Crippen LogP contribution in [0.25, 0.3) is 0 Å². The van der Waals surface area contributed by atoms with E-state index in [0.29, 0.717) is 16.6 Å². The van der Waals surface area contributed by atoms with Crippen LogP contribution >= 0.6 is 0 Å². The fourth-order valence-electron chi connectivity index (χ4n) is 2.42. The number of nitrogen functional groups attached to an aromatic ring is 1. The Morgan fingerprint density at radius 2 is 2.12 bits per heavy atom. The Morgan fingerprint density at radius 1 is 1.35 bits per heavy atom. The lowest BCUT2D eigenvalue weighted by Gasteiger charge is -2.31. The largest absolute Gasteiger partial charge is 0.396 e. The van der Waals surface area contributed by atoms with Crippen LogP contribution in [0.15, 0.2) is 23.4 Å². The van der Waals surface area contributed by atoms with Gasteiger partial charge in [-0.1, -0.05) is 13.8 Å². The summed E-state index contributed by atoms with van der Waals surface area (Å²) in [5.41, 5.74) is 6.39. The van der Waals surface area contributed by atoms with Crippen LogP contribution in [-0.4, -0.2) is 14.4 Å². The third-order valence-corrected chi connectivity index (χ3v) is 5.60. The van der Waals surface area contributed by atoms with Gasteiger partial charge < -0.3 is 5.73 Å². The van der Waals surface area contributed by atoms with Gasteiger partial charge in [-0.3, -0.25) is 4.21 Å². The van der Waals surface area contributed by atoms with Crippen LogP contribution in [0.4, 0.5) is 5.69 Å². The Balaban J connectivity index is 2.14. The van der Waals surface area contributed by atoms with Crippen LogP contribution in [0.1, 0.15) is 33.1 Å². The highest BCUT2D eigenvalue weighted by atomic mass is 32.2. The quantitative estimate of drug-likeness (QED) is 0.880. The lowest BCUT2D eigenvalue weighted by Crippen LogP contribution is -2.28. The zero-order valence-electron chi connectivity index (χ0n) is 10.4. The highest BCUT2D eigenvalue weighted by molar-refractivity contribution is 7.85. The molecular weight excluding hydrogens is 232 g/mol. The van der Waals surface area contributed by atoms with E-state index >= 15 is 0 Å². The van der Waals surface area contributed by atoms with Crippen LogP contribution in [0.3, 0.4) is 0 Å². The Morgan fingerprint density at radius 3 is 2.76 bits per heavy atom. The van der Waals surface area contributed by atoms with E-state index in [0.717, 1.165) is 25.2 Å². The molecule has 1 aromatic rings. The van der Waals surface area contributed by atoms with E-state index in [1.165, 1.54) is 0 Å². The molecule has 0 aliphatic heterocycles. The molecule has 1 saturated carbocycles.